The van der Waals surface area contributed by atoms with Gasteiger partial charge in [0.1, 0.15) is 45.5 Å². The monoisotopic (exact) mass is 1080 g/mol. The average molecular weight is 1080 g/mol. The fourth-order valence-electron chi connectivity index (χ4n) is 6.81. The number of imidazole rings is 2. The zero-order chi connectivity index (χ0) is 54.3. The van der Waals surface area contributed by atoms with Crippen LogP contribution in [0.4, 0.5) is 49.5 Å². The molecule has 2 aliphatic heterocycles. The first-order valence-corrected chi connectivity index (χ1v) is 25.0. The third kappa shape index (κ3) is 19.2. The molecule has 1 N–H and O–H groups in total. The van der Waals surface area contributed by atoms with Crippen LogP contribution in [0.2, 0.25) is 0 Å². The first kappa shape index (κ1) is 65.2. The number of likely N-dealkylation sites (tertiary alicyclic amines) is 2. The van der Waals surface area contributed by atoms with Crippen molar-refractivity contribution in [2.45, 2.75) is 89.5 Å². The van der Waals surface area contributed by atoms with E-state index in [4.69, 9.17) is 9.47 Å². The van der Waals surface area contributed by atoms with Crippen molar-refractivity contribution in [1.82, 2.24) is 28.9 Å². The molecule has 18 nitrogen and oxygen atoms in total. The number of halogens is 8. The number of amides is 2. The molecule has 2 amide bonds. The van der Waals surface area contributed by atoms with Crippen LogP contribution in [0.3, 0.4) is 0 Å². The third-order valence-corrected chi connectivity index (χ3v) is 10.3. The Morgan fingerprint density at radius 3 is 1.22 bits per heavy atom. The predicted octanol–water partition coefficient (Wildman–Crippen LogP) is 4.08. The van der Waals surface area contributed by atoms with Gasteiger partial charge in [-0.3, -0.25) is 23.7 Å². The molecule has 0 aliphatic carbocycles. The molecule has 0 radical (unpaired) electrons. The number of nitrogens with zero attached hydrogens (tertiary/aromatic N) is 6. The molecule has 29 heteroatoms. The molecule has 6 rings (SSSR count). The van der Waals surface area contributed by atoms with Gasteiger partial charge >= 0.3 is 43.0 Å². The van der Waals surface area contributed by atoms with Crippen molar-refractivity contribution in [3.05, 3.63) is 115 Å². The summed E-state index contributed by atoms with van der Waals surface area (Å²) >= 11 is 0. The second kappa shape index (κ2) is 25.9. The van der Waals surface area contributed by atoms with Crippen LogP contribution in [0.25, 0.3) is 0 Å². The van der Waals surface area contributed by atoms with Gasteiger partial charge in [-0.05, 0) is 54.4 Å². The number of Topliss-reactive ketones (excluding diaryl/α,β-unsaturated/α-hetero) is 1. The summed E-state index contributed by atoms with van der Waals surface area (Å²) in [7, 11) is -6.42. The van der Waals surface area contributed by atoms with Gasteiger partial charge in [-0.1, -0.05) is 0 Å². The van der Waals surface area contributed by atoms with Crippen molar-refractivity contribution in [1.29, 1.82) is 0 Å². The number of ether oxygens (including phenoxy) is 2. The summed E-state index contributed by atoms with van der Waals surface area (Å²) in [5.41, 5.74) is -3.73. The maximum atomic E-state index is 14.2. The zero-order valence-corrected chi connectivity index (χ0v) is 43.1. The summed E-state index contributed by atoms with van der Waals surface area (Å²) in [5, 5.41) is 9.26. The number of aromatic nitrogens is 4. The minimum Gasteiger partial charge on any atom is -0.480 e. The molecule has 2 fully saturated rings. The van der Waals surface area contributed by atoms with Crippen LogP contribution in [0.1, 0.15) is 77.3 Å². The normalized spacial score (nSPS) is 17.5. The van der Waals surface area contributed by atoms with Crippen LogP contribution in [0, 0.1) is 54.0 Å². The van der Waals surface area contributed by atoms with Crippen LogP contribution in [0.15, 0.2) is 49.6 Å². The van der Waals surface area contributed by atoms with Gasteiger partial charge in [-0.2, -0.15) is 0 Å². The molecule has 2 aliphatic rings. The molecular formula is C44H53F8LiN6O12S2. The Bertz CT molecular complexity index is 2740. The van der Waals surface area contributed by atoms with Crippen LogP contribution in [-0.4, -0.2) is 142 Å². The van der Waals surface area contributed by atoms with Crippen LogP contribution in [0.5, 0.6) is 0 Å². The zero-order valence-electron chi connectivity index (χ0n) is 41.4. The molecule has 4 heterocycles. The molecule has 2 unspecified atom stereocenters. The minimum absolute atomic E-state index is 0. The second-order valence-corrected chi connectivity index (χ2v) is 22.6. The van der Waals surface area contributed by atoms with E-state index in [-0.39, 0.29) is 44.5 Å². The van der Waals surface area contributed by atoms with E-state index in [0.29, 0.717) is 0 Å². The summed E-state index contributed by atoms with van der Waals surface area (Å²) in [6, 6.07) is -2.87. The van der Waals surface area contributed by atoms with E-state index in [1.54, 1.807) is 66.3 Å². The van der Waals surface area contributed by atoms with Gasteiger partial charge in [0.25, 0.3) is 0 Å². The summed E-state index contributed by atoms with van der Waals surface area (Å²) in [6.45, 7) is 8.42. The Kier molecular flexibility index (Phi) is 23.1. The van der Waals surface area contributed by atoms with Crippen molar-refractivity contribution >= 4 is 49.6 Å². The maximum absolute atomic E-state index is 14.2. The number of aliphatic carboxylic acids is 1. The largest absolute Gasteiger partial charge is 1.00 e. The molecular weight excluding hydrogens is 1030 g/mol. The molecule has 2 saturated heterocycles. The molecule has 73 heavy (non-hydrogen) atoms. The molecule has 0 saturated carbocycles. The first-order valence-electron chi connectivity index (χ1n) is 20.6. The number of benzene rings is 2. The van der Waals surface area contributed by atoms with Gasteiger partial charge < -0.3 is 22.0 Å². The maximum Gasteiger partial charge on any atom is 1.00 e. The quantitative estimate of drug-likeness (QED) is 0.124. The minimum atomic E-state index is -3.75. The van der Waals surface area contributed by atoms with Crippen molar-refractivity contribution in [2.75, 3.05) is 37.6 Å². The van der Waals surface area contributed by atoms with E-state index in [9.17, 15) is 81.0 Å². The first-order chi connectivity index (χ1) is 32.4. The Labute approximate surface area is 428 Å². The van der Waals surface area contributed by atoms with Crippen molar-refractivity contribution in [3.8, 4) is 0 Å². The van der Waals surface area contributed by atoms with Crippen molar-refractivity contribution in [2.24, 2.45) is 0 Å². The number of carboxylic acid groups (broad SMARTS) is 1. The Hall–Kier alpha value is -5.85. The van der Waals surface area contributed by atoms with Gasteiger partial charge in [-0.15, -0.1) is 0 Å². The molecule has 400 valence electrons. The average Bonchev–Trinajstić information content (AvgIpc) is 4.05. The number of sulfone groups is 2. The number of carboxylic acids is 1. The predicted molar refractivity (Wildman–Crippen MR) is 241 cm³/mol. The Balaban J connectivity index is 0.000000546. The van der Waals surface area contributed by atoms with E-state index in [1.165, 1.54) is 21.8 Å². The van der Waals surface area contributed by atoms with Gasteiger partial charge in [0.2, 0.25) is 0 Å². The van der Waals surface area contributed by atoms with Gasteiger partial charge in [0.05, 0.1) is 6.04 Å². The molecule has 2 aromatic heterocycles. The van der Waals surface area contributed by atoms with Crippen LogP contribution >= 0.6 is 0 Å². The van der Waals surface area contributed by atoms with Crippen molar-refractivity contribution < 1.29 is 109 Å². The van der Waals surface area contributed by atoms with Gasteiger partial charge in [0.15, 0.2) is 62.2 Å². The Morgan fingerprint density at radius 2 is 0.945 bits per heavy atom. The smallest absolute Gasteiger partial charge is 0.480 e. The topological polar surface area (TPSA) is 234 Å². The fourth-order valence-corrected chi connectivity index (χ4v) is 7.52. The van der Waals surface area contributed by atoms with Gasteiger partial charge in [-0.25, -0.2) is 81.1 Å². The molecule has 4 aromatic rings. The molecule has 4 atom stereocenters. The molecule has 0 spiro atoms. The number of ketones is 1. The van der Waals surface area contributed by atoms with Crippen LogP contribution < -0.4 is 18.9 Å². The standard InChI is InChI=1S/C18H21F4NO5S.C16H17F4NO4.C7H6N4O.C2H6O2S.CH3.Li/c1-18(2,3)28-17(25)23-7-9(5-12(23)13(24)8-29(4,26)27)14-15(21)10(19)6-11(20)16(14)22;1-16(2,3)25-15(24)21-6-7(4-10(21)14(22)23)11-12(19)8(17)5-9(18)13(11)20;12-7(10-3-1-8-5-10)11-4-2-9-6-11;1-5(2,3)4;;/h6,9,12H,5,7-8H2,1-4H3;5,7,10H,4,6H2,1-3H3,(H,22,23);1-6H;1-2H3;1H3;/q;;;;-1;+1/t9-,12?;7-,10?;;;;/m11..../s1. The van der Waals surface area contributed by atoms with Gasteiger partial charge in [0, 0.05) is 91.7 Å². The molecule has 2 aromatic carbocycles. The van der Waals surface area contributed by atoms with E-state index in [1.807, 2.05) is 0 Å². The van der Waals surface area contributed by atoms with Crippen molar-refractivity contribution in [3.63, 3.8) is 0 Å². The number of carbonyl (C=O) groups excluding carboxylic acids is 4. The summed E-state index contributed by atoms with van der Waals surface area (Å²) in [5.74, 6) is -18.6. The Morgan fingerprint density at radius 1 is 0.630 bits per heavy atom. The van der Waals surface area contributed by atoms with E-state index in [2.05, 4.69) is 9.97 Å². The van der Waals surface area contributed by atoms with Crippen LogP contribution in [-0.2, 0) is 38.7 Å². The van der Waals surface area contributed by atoms with E-state index >= 15 is 0 Å². The van der Waals surface area contributed by atoms with E-state index in [0.717, 1.165) is 28.6 Å². The summed E-state index contributed by atoms with van der Waals surface area (Å²) in [6.07, 6.45) is 9.50. The third-order valence-electron chi connectivity index (χ3n) is 9.48. The van der Waals surface area contributed by atoms with E-state index < -0.39 is 168 Å². The SMILES string of the molecule is CC(C)(C)OC(=O)N1C[C@H](c2c(F)c(F)cc(F)c2F)CC1C(=O)CS(C)(=O)=O.CC(C)(C)OC(=O)N1C[C@H](c2c(F)c(F)cc(F)c2F)CC1C(=O)O.CS(C)(=O)=O.O=C(n1ccnc1)n1ccnc1.[CH3-].[Li+]. The number of rotatable bonds is 6. The number of carbonyl (C=O) groups is 5. The summed E-state index contributed by atoms with van der Waals surface area (Å²) in [4.78, 5) is 69.1. The number of hydrogen-bond acceptors (Lipinski definition) is 13. The fraction of sp³-hybridized carbons (Fsp3) is 0.455. The summed E-state index contributed by atoms with van der Waals surface area (Å²) < 4.78 is 166. The molecule has 0 bridgehead atoms. The second-order valence-electron chi connectivity index (χ2n) is 18.2. The number of hydrogen-bond donors (Lipinski definition) is 1.